The maximum absolute atomic E-state index is 12.7. The summed E-state index contributed by atoms with van der Waals surface area (Å²) in [5, 5.41) is 7.61. The van der Waals surface area contributed by atoms with Gasteiger partial charge in [0.1, 0.15) is 17.2 Å². The van der Waals surface area contributed by atoms with Crippen LogP contribution in [-0.2, 0) is 16.1 Å². The molecule has 36 heavy (non-hydrogen) atoms. The summed E-state index contributed by atoms with van der Waals surface area (Å²) in [6.07, 6.45) is 1.25. The molecule has 0 bridgehead atoms. The largest absolute Gasteiger partial charge is 0.461 e. The number of carbonyl (C=O) groups is 2. The predicted molar refractivity (Wildman–Crippen MR) is 139 cm³/mol. The topological polar surface area (TPSA) is 82.5 Å². The van der Waals surface area contributed by atoms with Crippen molar-refractivity contribution in [3.05, 3.63) is 96.2 Å². The monoisotopic (exact) mass is 483 g/mol. The first kappa shape index (κ1) is 24.7. The van der Waals surface area contributed by atoms with Gasteiger partial charge in [-0.25, -0.2) is 4.79 Å². The molecule has 0 saturated heterocycles. The Bertz CT molecular complexity index is 1310. The molecule has 0 radical (unpaired) electrons. The molecule has 7 heteroatoms. The van der Waals surface area contributed by atoms with Gasteiger partial charge in [-0.2, -0.15) is 5.10 Å². The van der Waals surface area contributed by atoms with Crippen molar-refractivity contribution in [1.82, 2.24) is 9.78 Å². The van der Waals surface area contributed by atoms with Crippen molar-refractivity contribution in [3.8, 4) is 22.8 Å². The van der Waals surface area contributed by atoms with Crippen LogP contribution in [0.4, 0.5) is 5.69 Å². The van der Waals surface area contributed by atoms with Crippen LogP contribution in [0.2, 0.25) is 0 Å². The van der Waals surface area contributed by atoms with Crippen molar-refractivity contribution >= 4 is 17.6 Å². The first-order chi connectivity index (χ1) is 17.6. The molecule has 4 aromatic rings. The SMILES string of the molecule is CCCC(=O)Nc1cccc(Cn2nc(-c3ccc(Oc4ccccc4)cc3)cc2C(=O)OCC)c1. The number of anilines is 1. The molecule has 0 atom stereocenters. The highest BCUT2D eigenvalue weighted by atomic mass is 16.5. The number of ether oxygens (including phenoxy) is 2. The van der Waals surface area contributed by atoms with Crippen LogP contribution in [0.25, 0.3) is 11.3 Å². The molecule has 0 aliphatic heterocycles. The number of benzene rings is 3. The van der Waals surface area contributed by atoms with Gasteiger partial charge >= 0.3 is 5.97 Å². The van der Waals surface area contributed by atoms with E-state index >= 15 is 0 Å². The predicted octanol–water partition coefficient (Wildman–Crippen LogP) is 6.31. The summed E-state index contributed by atoms with van der Waals surface area (Å²) in [7, 11) is 0. The Balaban J connectivity index is 1.57. The third-order valence-corrected chi connectivity index (χ3v) is 5.41. The first-order valence-electron chi connectivity index (χ1n) is 12.0. The van der Waals surface area contributed by atoms with Gasteiger partial charge in [0, 0.05) is 17.7 Å². The molecule has 0 fully saturated rings. The Morgan fingerprint density at radius 1 is 0.889 bits per heavy atom. The molecule has 1 heterocycles. The van der Waals surface area contributed by atoms with Gasteiger partial charge in [0.25, 0.3) is 0 Å². The fourth-order valence-electron chi connectivity index (χ4n) is 3.74. The molecule has 3 aromatic carbocycles. The molecule has 1 N–H and O–H groups in total. The minimum atomic E-state index is -0.437. The lowest BCUT2D eigenvalue weighted by Gasteiger charge is -2.09. The fourth-order valence-corrected chi connectivity index (χ4v) is 3.74. The Morgan fingerprint density at radius 3 is 2.36 bits per heavy atom. The molecule has 1 amide bonds. The van der Waals surface area contributed by atoms with Gasteiger partial charge in [-0.3, -0.25) is 9.48 Å². The standard InChI is InChI=1S/C29H29N3O4/c1-3-9-28(33)30-23-11-8-10-21(18-23)20-32-27(29(34)35-4-2)19-26(31-32)22-14-16-25(17-15-22)36-24-12-6-5-7-13-24/h5-8,10-19H,3-4,9,20H2,1-2H3,(H,30,33). The summed E-state index contributed by atoms with van der Waals surface area (Å²) in [5.41, 5.74) is 3.47. The van der Waals surface area contributed by atoms with Crippen molar-refractivity contribution in [2.24, 2.45) is 0 Å². The maximum Gasteiger partial charge on any atom is 0.356 e. The number of aromatic nitrogens is 2. The fraction of sp³-hybridized carbons (Fsp3) is 0.207. The van der Waals surface area contributed by atoms with Gasteiger partial charge < -0.3 is 14.8 Å². The van der Waals surface area contributed by atoms with Crippen LogP contribution in [-0.4, -0.2) is 28.3 Å². The van der Waals surface area contributed by atoms with Crippen LogP contribution in [0.15, 0.2) is 84.9 Å². The van der Waals surface area contributed by atoms with Crippen LogP contribution in [0.1, 0.15) is 42.7 Å². The molecule has 7 nitrogen and oxygen atoms in total. The van der Waals surface area contributed by atoms with E-state index in [-0.39, 0.29) is 12.5 Å². The molecule has 0 aliphatic rings. The Labute approximate surface area is 210 Å². The molecular formula is C29H29N3O4. The number of hydrogen-bond donors (Lipinski definition) is 1. The van der Waals surface area contributed by atoms with E-state index in [1.54, 1.807) is 17.7 Å². The first-order valence-corrected chi connectivity index (χ1v) is 12.0. The zero-order chi connectivity index (χ0) is 25.3. The van der Waals surface area contributed by atoms with E-state index in [9.17, 15) is 9.59 Å². The van der Waals surface area contributed by atoms with E-state index in [1.165, 1.54) is 0 Å². The molecule has 4 rings (SSSR count). The second kappa shape index (κ2) is 11.8. The third-order valence-electron chi connectivity index (χ3n) is 5.41. The van der Waals surface area contributed by atoms with Crippen molar-refractivity contribution in [2.75, 3.05) is 11.9 Å². The van der Waals surface area contributed by atoms with Gasteiger partial charge in [0.05, 0.1) is 18.8 Å². The number of esters is 1. The van der Waals surface area contributed by atoms with Crippen LogP contribution in [0.5, 0.6) is 11.5 Å². The second-order valence-electron chi connectivity index (χ2n) is 8.23. The molecule has 0 aliphatic carbocycles. The summed E-state index contributed by atoms with van der Waals surface area (Å²) >= 11 is 0. The molecule has 0 spiro atoms. The summed E-state index contributed by atoms with van der Waals surface area (Å²) in [6, 6.07) is 26.4. The number of hydrogen-bond acceptors (Lipinski definition) is 5. The number of carbonyl (C=O) groups excluding carboxylic acids is 2. The lowest BCUT2D eigenvalue weighted by atomic mass is 10.1. The van der Waals surface area contributed by atoms with Crippen LogP contribution in [0, 0.1) is 0 Å². The number of nitrogens with zero attached hydrogens (tertiary/aromatic N) is 2. The molecule has 0 unspecified atom stereocenters. The summed E-state index contributed by atoms with van der Waals surface area (Å²) < 4.78 is 12.8. The quantitative estimate of drug-likeness (QED) is 0.268. The van der Waals surface area contributed by atoms with Gasteiger partial charge in [-0.15, -0.1) is 0 Å². The Morgan fingerprint density at radius 2 is 1.64 bits per heavy atom. The molecule has 1 aromatic heterocycles. The van der Waals surface area contributed by atoms with E-state index in [1.807, 2.05) is 85.8 Å². The summed E-state index contributed by atoms with van der Waals surface area (Å²) in [5.74, 6) is 1.000. The van der Waals surface area contributed by atoms with Crippen LogP contribution < -0.4 is 10.1 Å². The minimum Gasteiger partial charge on any atom is -0.461 e. The van der Waals surface area contributed by atoms with E-state index in [0.717, 1.165) is 23.3 Å². The Kier molecular flexibility index (Phi) is 8.13. The van der Waals surface area contributed by atoms with E-state index in [0.29, 0.717) is 35.8 Å². The zero-order valence-corrected chi connectivity index (χ0v) is 20.4. The van der Waals surface area contributed by atoms with Crippen molar-refractivity contribution in [3.63, 3.8) is 0 Å². The lowest BCUT2D eigenvalue weighted by molar-refractivity contribution is -0.116. The van der Waals surface area contributed by atoms with Gasteiger partial charge in [-0.1, -0.05) is 37.3 Å². The second-order valence-corrected chi connectivity index (χ2v) is 8.23. The summed E-state index contributed by atoms with van der Waals surface area (Å²) in [4.78, 5) is 24.7. The van der Waals surface area contributed by atoms with E-state index in [4.69, 9.17) is 14.6 Å². The van der Waals surface area contributed by atoms with Crippen molar-refractivity contribution in [2.45, 2.75) is 33.2 Å². The normalized spacial score (nSPS) is 10.6. The molecular weight excluding hydrogens is 454 g/mol. The zero-order valence-electron chi connectivity index (χ0n) is 20.4. The highest BCUT2D eigenvalue weighted by Crippen LogP contribution is 2.26. The van der Waals surface area contributed by atoms with E-state index in [2.05, 4.69) is 5.32 Å². The smallest absolute Gasteiger partial charge is 0.356 e. The average molecular weight is 484 g/mol. The highest BCUT2D eigenvalue weighted by molar-refractivity contribution is 5.91. The van der Waals surface area contributed by atoms with Gasteiger partial charge in [-0.05, 0) is 73.5 Å². The number of rotatable bonds is 10. The number of para-hydroxylation sites is 1. The maximum atomic E-state index is 12.7. The van der Waals surface area contributed by atoms with Crippen molar-refractivity contribution in [1.29, 1.82) is 0 Å². The van der Waals surface area contributed by atoms with Crippen molar-refractivity contribution < 1.29 is 19.1 Å². The number of amides is 1. The minimum absolute atomic E-state index is 0.0251. The summed E-state index contributed by atoms with van der Waals surface area (Å²) in [6.45, 7) is 4.35. The van der Waals surface area contributed by atoms with Gasteiger partial charge in [0.2, 0.25) is 5.91 Å². The van der Waals surface area contributed by atoms with E-state index < -0.39 is 5.97 Å². The van der Waals surface area contributed by atoms with Crippen LogP contribution in [0.3, 0.4) is 0 Å². The highest BCUT2D eigenvalue weighted by Gasteiger charge is 2.18. The third kappa shape index (κ3) is 6.39. The number of nitrogens with one attached hydrogen (secondary N) is 1. The molecule has 0 saturated carbocycles. The van der Waals surface area contributed by atoms with Gasteiger partial charge in [0.15, 0.2) is 0 Å². The van der Waals surface area contributed by atoms with Crippen LogP contribution >= 0.6 is 0 Å². The average Bonchev–Trinajstić information content (AvgIpc) is 3.29. The Hall–Kier alpha value is -4.39. The molecule has 184 valence electrons. The lowest BCUT2D eigenvalue weighted by Crippen LogP contribution is -2.14.